The second-order valence-corrected chi connectivity index (χ2v) is 8.33. The minimum absolute atomic E-state index is 0.134. The molecule has 1 N–H and O–H groups in total. The van der Waals surface area contributed by atoms with Crippen LogP contribution in [0.25, 0.3) is 16.7 Å². The number of nitrogens with zero attached hydrogens (tertiary/aromatic N) is 3. The van der Waals surface area contributed by atoms with Crippen molar-refractivity contribution in [3.8, 4) is 5.69 Å². The Hall–Kier alpha value is -3.91. The van der Waals surface area contributed by atoms with Gasteiger partial charge in [0.15, 0.2) is 0 Å². The van der Waals surface area contributed by atoms with Crippen LogP contribution in [0.3, 0.4) is 0 Å². The number of carbonyl (C=O) groups is 2. The summed E-state index contributed by atoms with van der Waals surface area (Å²) in [7, 11) is 0. The van der Waals surface area contributed by atoms with Crippen LogP contribution >= 0.6 is 0 Å². The fourth-order valence-corrected chi connectivity index (χ4v) is 4.33. The number of ether oxygens (including phenoxy) is 1. The smallest absolute Gasteiger partial charge is 0.291 e. The topological polar surface area (TPSA) is 89.6 Å². The van der Waals surface area contributed by atoms with Gasteiger partial charge in [-0.25, -0.2) is 4.68 Å². The summed E-state index contributed by atoms with van der Waals surface area (Å²) in [5.41, 5.74) is 4.45. The minimum atomic E-state index is -0.251. The number of hydrogen-bond acceptors (Lipinski definition) is 5. The number of hydrogen-bond donors (Lipinski definition) is 1. The van der Waals surface area contributed by atoms with Crippen LogP contribution < -0.4 is 5.32 Å². The number of aromatic nitrogens is 2. The molecule has 8 heteroatoms. The van der Waals surface area contributed by atoms with E-state index >= 15 is 0 Å². The number of amides is 2. The highest BCUT2D eigenvalue weighted by Gasteiger charge is 2.28. The quantitative estimate of drug-likeness (QED) is 0.490. The Kier molecular flexibility index (Phi) is 5.90. The van der Waals surface area contributed by atoms with E-state index in [4.69, 9.17) is 9.15 Å². The number of rotatable bonds is 5. The lowest BCUT2D eigenvalue weighted by Crippen LogP contribution is -2.40. The van der Waals surface area contributed by atoms with Crippen molar-refractivity contribution < 1.29 is 18.7 Å². The molecule has 0 atom stereocenters. The molecule has 1 fully saturated rings. The van der Waals surface area contributed by atoms with Crippen molar-refractivity contribution in [3.63, 3.8) is 0 Å². The maximum Gasteiger partial charge on any atom is 0.291 e. The molecule has 34 heavy (non-hydrogen) atoms. The molecule has 3 heterocycles. The van der Waals surface area contributed by atoms with Crippen LogP contribution in [-0.4, -0.2) is 52.8 Å². The second kappa shape index (κ2) is 9.15. The highest BCUT2D eigenvalue weighted by atomic mass is 16.5. The van der Waals surface area contributed by atoms with Gasteiger partial charge in [0.1, 0.15) is 11.3 Å². The van der Waals surface area contributed by atoms with Crippen LogP contribution in [0.1, 0.15) is 27.5 Å². The van der Waals surface area contributed by atoms with Crippen LogP contribution in [0, 0.1) is 13.8 Å². The first-order chi connectivity index (χ1) is 16.5. The zero-order chi connectivity index (χ0) is 23.7. The van der Waals surface area contributed by atoms with E-state index in [1.54, 1.807) is 11.0 Å². The molecule has 8 nitrogen and oxygen atoms in total. The van der Waals surface area contributed by atoms with Gasteiger partial charge in [0, 0.05) is 29.7 Å². The third kappa shape index (κ3) is 4.08. The molecule has 2 amide bonds. The van der Waals surface area contributed by atoms with E-state index in [0.29, 0.717) is 43.0 Å². The molecule has 0 unspecified atom stereocenters. The van der Waals surface area contributed by atoms with Crippen molar-refractivity contribution in [1.82, 2.24) is 14.7 Å². The Labute approximate surface area is 197 Å². The Bertz CT molecular complexity index is 1350. The van der Waals surface area contributed by atoms with E-state index in [9.17, 15) is 9.59 Å². The summed E-state index contributed by atoms with van der Waals surface area (Å²) < 4.78 is 13.1. The first-order valence-electron chi connectivity index (χ1n) is 11.3. The number of benzene rings is 2. The van der Waals surface area contributed by atoms with Crippen LogP contribution in [0.15, 0.2) is 59.0 Å². The van der Waals surface area contributed by atoms with Crippen molar-refractivity contribution in [2.75, 3.05) is 31.6 Å². The summed E-state index contributed by atoms with van der Waals surface area (Å²) in [5.74, 6) is -0.342. The first kappa shape index (κ1) is 21.9. The van der Waals surface area contributed by atoms with E-state index in [1.807, 2.05) is 67.1 Å². The predicted molar refractivity (Wildman–Crippen MR) is 128 cm³/mol. The lowest BCUT2D eigenvalue weighted by atomic mass is 10.1. The molecule has 4 aromatic rings. The standard InChI is InChI=1S/C26H26N4O4/c1-17-21(18(2)30(28-17)19-8-4-3-5-9-19)16-23(31)27-24-20-10-6-7-11-22(20)34-25(24)26(32)29-12-14-33-15-13-29/h3-11H,12-16H2,1-2H3,(H,27,31). The lowest BCUT2D eigenvalue weighted by Gasteiger charge is -2.26. The summed E-state index contributed by atoms with van der Waals surface area (Å²) >= 11 is 0. The fourth-order valence-electron chi connectivity index (χ4n) is 4.33. The lowest BCUT2D eigenvalue weighted by molar-refractivity contribution is -0.115. The number of nitrogens with one attached hydrogen (secondary N) is 1. The number of furan rings is 1. The Morgan fingerprint density at radius 1 is 1.00 bits per heavy atom. The minimum Gasteiger partial charge on any atom is -0.449 e. The highest BCUT2D eigenvalue weighted by Crippen LogP contribution is 2.32. The molecule has 1 saturated heterocycles. The summed E-state index contributed by atoms with van der Waals surface area (Å²) in [4.78, 5) is 28.1. The van der Waals surface area contributed by atoms with Gasteiger partial charge in [0.25, 0.3) is 5.91 Å². The Morgan fingerprint density at radius 2 is 1.71 bits per heavy atom. The van der Waals surface area contributed by atoms with Gasteiger partial charge in [-0.15, -0.1) is 0 Å². The van der Waals surface area contributed by atoms with Crippen LogP contribution in [0.4, 0.5) is 5.69 Å². The Morgan fingerprint density at radius 3 is 2.47 bits per heavy atom. The molecule has 1 aliphatic heterocycles. The van der Waals surface area contributed by atoms with Gasteiger partial charge < -0.3 is 19.4 Å². The molecule has 2 aromatic heterocycles. The van der Waals surface area contributed by atoms with Gasteiger partial charge in [-0.2, -0.15) is 5.10 Å². The normalized spacial score (nSPS) is 13.9. The zero-order valence-electron chi connectivity index (χ0n) is 19.2. The highest BCUT2D eigenvalue weighted by molar-refractivity contribution is 6.11. The van der Waals surface area contributed by atoms with Gasteiger partial charge in [-0.3, -0.25) is 9.59 Å². The molecule has 0 bridgehead atoms. The van der Waals surface area contributed by atoms with E-state index in [2.05, 4.69) is 10.4 Å². The van der Waals surface area contributed by atoms with Crippen molar-refractivity contribution in [2.45, 2.75) is 20.3 Å². The average Bonchev–Trinajstić information content (AvgIpc) is 3.37. The van der Waals surface area contributed by atoms with Gasteiger partial charge in [0.05, 0.1) is 31.0 Å². The summed E-state index contributed by atoms with van der Waals surface area (Å²) in [6.07, 6.45) is 0.134. The monoisotopic (exact) mass is 458 g/mol. The third-order valence-electron chi connectivity index (χ3n) is 6.13. The molecule has 0 spiro atoms. The number of fused-ring (bicyclic) bond motifs is 1. The molecule has 5 rings (SSSR count). The molecule has 174 valence electrons. The van der Waals surface area contributed by atoms with Crippen LogP contribution in [0.5, 0.6) is 0 Å². The number of aryl methyl sites for hydroxylation is 1. The predicted octanol–water partition coefficient (Wildman–Crippen LogP) is 3.89. The molecule has 0 saturated carbocycles. The average molecular weight is 459 g/mol. The van der Waals surface area contributed by atoms with E-state index < -0.39 is 0 Å². The maximum atomic E-state index is 13.2. The molecule has 0 aliphatic carbocycles. The molecular weight excluding hydrogens is 432 g/mol. The van der Waals surface area contributed by atoms with Crippen molar-refractivity contribution in [2.24, 2.45) is 0 Å². The third-order valence-corrected chi connectivity index (χ3v) is 6.13. The van der Waals surface area contributed by atoms with Gasteiger partial charge in [0.2, 0.25) is 11.7 Å². The number of anilines is 1. The van der Waals surface area contributed by atoms with Gasteiger partial charge >= 0.3 is 0 Å². The van der Waals surface area contributed by atoms with E-state index in [0.717, 1.165) is 22.6 Å². The number of carbonyl (C=O) groups excluding carboxylic acids is 2. The number of morpholine rings is 1. The molecule has 2 aromatic carbocycles. The second-order valence-electron chi connectivity index (χ2n) is 8.33. The maximum absolute atomic E-state index is 13.2. The van der Waals surface area contributed by atoms with Gasteiger partial charge in [-0.1, -0.05) is 30.3 Å². The Balaban J connectivity index is 1.43. The van der Waals surface area contributed by atoms with E-state index in [-0.39, 0.29) is 24.0 Å². The molecule has 1 aliphatic rings. The van der Waals surface area contributed by atoms with Crippen molar-refractivity contribution >= 4 is 28.5 Å². The largest absolute Gasteiger partial charge is 0.449 e. The van der Waals surface area contributed by atoms with Crippen LogP contribution in [-0.2, 0) is 16.0 Å². The first-order valence-corrected chi connectivity index (χ1v) is 11.3. The molecular formula is C26H26N4O4. The van der Waals surface area contributed by atoms with Gasteiger partial charge in [-0.05, 0) is 38.1 Å². The summed E-state index contributed by atoms with van der Waals surface area (Å²) in [6, 6.07) is 17.1. The summed E-state index contributed by atoms with van der Waals surface area (Å²) in [5, 5.41) is 8.29. The SMILES string of the molecule is Cc1nn(-c2ccccc2)c(C)c1CC(=O)Nc1c(C(=O)N2CCOCC2)oc2ccccc12. The zero-order valence-corrected chi connectivity index (χ0v) is 19.2. The van der Waals surface area contributed by atoms with Crippen molar-refractivity contribution in [3.05, 3.63) is 77.3 Å². The van der Waals surface area contributed by atoms with E-state index in [1.165, 1.54) is 0 Å². The molecule has 0 radical (unpaired) electrons. The number of para-hydroxylation sites is 2. The summed E-state index contributed by atoms with van der Waals surface area (Å²) in [6.45, 7) is 5.79. The van der Waals surface area contributed by atoms with Crippen molar-refractivity contribution in [1.29, 1.82) is 0 Å². The fraction of sp³-hybridized carbons (Fsp3) is 0.269. The van der Waals surface area contributed by atoms with Crippen LogP contribution in [0.2, 0.25) is 0 Å².